The summed E-state index contributed by atoms with van der Waals surface area (Å²) in [6, 6.07) is 1.56. The van der Waals surface area contributed by atoms with Crippen LogP contribution in [0.3, 0.4) is 0 Å². The minimum absolute atomic E-state index is 0.318. The van der Waals surface area contributed by atoms with Crippen LogP contribution in [0.4, 0.5) is 0 Å². The fourth-order valence-electron chi connectivity index (χ4n) is 2.33. The van der Waals surface area contributed by atoms with Gasteiger partial charge in [-0.25, -0.2) is 4.79 Å². The number of nitrogens with one attached hydrogen (secondary N) is 1. The highest BCUT2D eigenvalue weighted by Crippen LogP contribution is 2.30. The molecule has 4 atom stereocenters. The largest absolute Gasteiger partial charge is 0.394 e. The number of aliphatic hydroxyl groups excluding tert-OH is 3. The van der Waals surface area contributed by atoms with Gasteiger partial charge in [-0.05, 0) is 11.4 Å². The van der Waals surface area contributed by atoms with Crippen LogP contribution in [0.1, 0.15) is 6.23 Å². The number of hydrogen-bond donors (Lipinski definition) is 4. The van der Waals surface area contributed by atoms with Crippen LogP contribution in [0.2, 0.25) is 0 Å². The molecule has 1 aliphatic heterocycles. The van der Waals surface area contributed by atoms with E-state index in [2.05, 4.69) is 4.98 Å². The van der Waals surface area contributed by atoms with Gasteiger partial charge in [-0.3, -0.25) is 14.3 Å². The second kappa shape index (κ2) is 4.79. The average molecular weight is 300 g/mol. The average Bonchev–Trinajstić information content (AvgIpc) is 2.99. The first-order valence-corrected chi connectivity index (χ1v) is 6.77. The zero-order valence-electron chi connectivity index (χ0n) is 10.1. The maximum Gasteiger partial charge on any atom is 0.331 e. The Morgan fingerprint density at radius 3 is 2.75 bits per heavy atom. The Kier molecular flexibility index (Phi) is 3.22. The Labute approximate surface area is 115 Å². The summed E-state index contributed by atoms with van der Waals surface area (Å²) < 4.78 is 6.72. The monoisotopic (exact) mass is 300 g/mol. The van der Waals surface area contributed by atoms with E-state index in [4.69, 9.17) is 9.84 Å². The number of fused-ring (bicyclic) bond motifs is 1. The van der Waals surface area contributed by atoms with E-state index >= 15 is 0 Å². The molecule has 0 aliphatic carbocycles. The van der Waals surface area contributed by atoms with Crippen LogP contribution in [0.5, 0.6) is 0 Å². The van der Waals surface area contributed by atoms with Crippen molar-refractivity contribution < 1.29 is 20.1 Å². The highest BCUT2D eigenvalue weighted by Gasteiger charge is 2.44. The van der Waals surface area contributed by atoms with Gasteiger partial charge < -0.3 is 20.1 Å². The molecule has 3 heterocycles. The number of aliphatic hydroxyl groups is 3. The third-order valence-electron chi connectivity index (χ3n) is 3.32. The molecule has 20 heavy (non-hydrogen) atoms. The zero-order valence-corrected chi connectivity index (χ0v) is 10.9. The van der Waals surface area contributed by atoms with Crippen LogP contribution in [-0.2, 0) is 4.74 Å². The van der Waals surface area contributed by atoms with E-state index in [9.17, 15) is 19.8 Å². The van der Waals surface area contributed by atoms with Gasteiger partial charge in [-0.15, -0.1) is 11.3 Å². The molecule has 2 aromatic rings. The molecule has 3 rings (SSSR count). The Hall–Kier alpha value is -1.52. The second-order valence-corrected chi connectivity index (χ2v) is 5.41. The van der Waals surface area contributed by atoms with Crippen molar-refractivity contribution in [3.63, 3.8) is 0 Å². The first kappa shape index (κ1) is 13.5. The molecule has 0 bridgehead atoms. The first-order chi connectivity index (χ1) is 9.54. The Morgan fingerprint density at radius 1 is 1.35 bits per heavy atom. The molecule has 0 saturated carbocycles. The number of hydrogen-bond acceptors (Lipinski definition) is 7. The van der Waals surface area contributed by atoms with Crippen molar-refractivity contribution in [2.75, 3.05) is 6.61 Å². The van der Waals surface area contributed by atoms with Crippen LogP contribution >= 0.6 is 11.3 Å². The molecule has 4 N–H and O–H groups in total. The fourth-order valence-corrected chi connectivity index (χ4v) is 3.11. The third-order valence-corrected chi connectivity index (χ3v) is 4.22. The molecular weight excluding hydrogens is 288 g/mol. The maximum atomic E-state index is 12.0. The van der Waals surface area contributed by atoms with Crippen LogP contribution in [-0.4, -0.2) is 49.8 Å². The Balaban J connectivity index is 2.18. The van der Waals surface area contributed by atoms with E-state index < -0.39 is 42.4 Å². The highest BCUT2D eigenvalue weighted by atomic mass is 32.1. The molecule has 0 radical (unpaired) electrons. The van der Waals surface area contributed by atoms with E-state index in [1.165, 1.54) is 0 Å². The fraction of sp³-hybridized carbons (Fsp3) is 0.455. The van der Waals surface area contributed by atoms with E-state index in [0.29, 0.717) is 10.2 Å². The zero-order chi connectivity index (χ0) is 14.4. The van der Waals surface area contributed by atoms with Crippen LogP contribution in [0, 0.1) is 0 Å². The first-order valence-electron chi connectivity index (χ1n) is 5.89. The van der Waals surface area contributed by atoms with Crippen molar-refractivity contribution in [3.05, 3.63) is 32.3 Å². The summed E-state index contributed by atoms with van der Waals surface area (Å²) in [6.07, 6.45) is -4.83. The molecule has 2 aromatic heterocycles. The van der Waals surface area contributed by atoms with Crippen LogP contribution in [0.15, 0.2) is 21.0 Å². The van der Waals surface area contributed by atoms with Gasteiger partial charge in [-0.1, -0.05) is 0 Å². The van der Waals surface area contributed by atoms with Crippen LogP contribution < -0.4 is 11.2 Å². The van der Waals surface area contributed by atoms with E-state index in [0.717, 1.165) is 15.9 Å². The van der Waals surface area contributed by atoms with E-state index in [-0.39, 0.29) is 0 Å². The molecule has 0 aromatic carbocycles. The minimum Gasteiger partial charge on any atom is -0.394 e. The normalized spacial score (nSPS) is 30.1. The van der Waals surface area contributed by atoms with E-state index in [1.54, 1.807) is 11.4 Å². The number of nitrogens with zero attached hydrogens (tertiary/aromatic N) is 1. The van der Waals surface area contributed by atoms with E-state index in [1.807, 2.05) is 0 Å². The summed E-state index contributed by atoms with van der Waals surface area (Å²) in [5, 5.41) is 30.4. The van der Waals surface area contributed by atoms with Gasteiger partial charge in [-0.2, -0.15) is 0 Å². The lowest BCUT2D eigenvalue weighted by Crippen LogP contribution is -2.38. The molecule has 1 aliphatic rings. The summed E-state index contributed by atoms with van der Waals surface area (Å²) >= 11 is 1.15. The number of ether oxygens (including phenoxy) is 1. The quantitative estimate of drug-likeness (QED) is 0.527. The van der Waals surface area contributed by atoms with Gasteiger partial charge >= 0.3 is 5.69 Å². The van der Waals surface area contributed by atoms with Gasteiger partial charge in [0, 0.05) is 0 Å². The Bertz CT molecular complexity index is 749. The van der Waals surface area contributed by atoms with Gasteiger partial charge in [0.2, 0.25) is 0 Å². The summed E-state index contributed by atoms with van der Waals surface area (Å²) in [6.45, 7) is -0.486. The number of aromatic amines is 1. The summed E-state index contributed by atoms with van der Waals surface area (Å²) in [4.78, 5) is 25.7. The minimum atomic E-state index is -1.38. The predicted molar refractivity (Wildman–Crippen MR) is 69.7 cm³/mol. The van der Waals surface area contributed by atoms with Crippen molar-refractivity contribution in [3.8, 4) is 0 Å². The van der Waals surface area contributed by atoms with Crippen molar-refractivity contribution >= 4 is 21.6 Å². The number of H-pyrrole nitrogens is 1. The van der Waals surface area contributed by atoms with Gasteiger partial charge in [0.25, 0.3) is 5.56 Å². The summed E-state index contributed by atoms with van der Waals surface area (Å²) in [5.41, 5.74) is -0.933. The molecule has 0 amide bonds. The number of rotatable bonds is 2. The van der Waals surface area contributed by atoms with Crippen LogP contribution in [0.25, 0.3) is 10.2 Å². The molecule has 1 fully saturated rings. The van der Waals surface area contributed by atoms with Crippen molar-refractivity contribution in [1.29, 1.82) is 0 Å². The van der Waals surface area contributed by atoms with Crippen molar-refractivity contribution in [2.45, 2.75) is 24.5 Å². The summed E-state index contributed by atoms with van der Waals surface area (Å²) in [7, 11) is 0. The SMILES string of the molecule is O=c1[nH]c(=O)n([C@@H]2O[C@H](CO)[C@@H](O)[C@H]2O)c2ccsc12. The van der Waals surface area contributed by atoms with Gasteiger partial charge in [0.1, 0.15) is 23.0 Å². The highest BCUT2D eigenvalue weighted by molar-refractivity contribution is 7.17. The standard InChI is InChI=1S/C11H12N2O6S/c14-3-5-6(15)7(16)10(19-5)13-4-1-2-20-8(4)9(17)12-11(13)18/h1-2,5-7,10,14-16H,3H2,(H,12,17,18)/t5-,6-,7-,10-/m1/s1. The molecule has 1 saturated heterocycles. The molecule has 0 spiro atoms. The lowest BCUT2D eigenvalue weighted by molar-refractivity contribution is -0.0527. The predicted octanol–water partition coefficient (Wildman–Crippen LogP) is -1.64. The van der Waals surface area contributed by atoms with Crippen molar-refractivity contribution in [1.82, 2.24) is 9.55 Å². The molecular formula is C11H12N2O6S. The topological polar surface area (TPSA) is 125 Å². The summed E-state index contributed by atoms with van der Waals surface area (Å²) in [5.74, 6) is 0. The lowest BCUT2D eigenvalue weighted by atomic mass is 10.1. The Morgan fingerprint density at radius 2 is 2.10 bits per heavy atom. The van der Waals surface area contributed by atoms with Gasteiger partial charge in [0.05, 0.1) is 12.1 Å². The number of aromatic nitrogens is 2. The van der Waals surface area contributed by atoms with Crippen molar-refractivity contribution in [2.24, 2.45) is 0 Å². The van der Waals surface area contributed by atoms with Gasteiger partial charge in [0.15, 0.2) is 6.23 Å². The molecule has 9 heteroatoms. The smallest absolute Gasteiger partial charge is 0.331 e. The third kappa shape index (κ3) is 1.83. The molecule has 108 valence electrons. The lowest BCUT2D eigenvalue weighted by Gasteiger charge is -2.18. The number of thiophene rings is 1. The maximum absolute atomic E-state index is 12.0. The molecule has 8 nitrogen and oxygen atoms in total. The second-order valence-electron chi connectivity index (χ2n) is 4.49. The molecule has 0 unspecified atom stereocenters.